The van der Waals surface area contributed by atoms with E-state index in [-0.39, 0.29) is 5.82 Å². The molecule has 0 aliphatic carbocycles. The number of hydrogen-bond donors (Lipinski definition) is 1. The maximum absolute atomic E-state index is 12.9. The van der Waals surface area contributed by atoms with Crippen molar-refractivity contribution in [3.8, 4) is 11.6 Å². The largest absolute Gasteiger partial charge is 0.439 e. The fourth-order valence-electron chi connectivity index (χ4n) is 1.32. The normalized spacial score (nSPS) is 10.3. The molecule has 5 heteroatoms. The smallest absolute Gasteiger partial charge is 0.219 e. The zero-order chi connectivity index (χ0) is 12.3. The molecule has 2 N–H and O–H groups in total. The molecule has 0 radical (unpaired) electrons. The lowest BCUT2D eigenvalue weighted by atomic mass is 10.2. The van der Waals surface area contributed by atoms with E-state index in [2.05, 4.69) is 4.98 Å². The first-order valence-electron chi connectivity index (χ1n) is 4.97. The van der Waals surface area contributed by atoms with Crippen LogP contribution in [-0.2, 0) is 6.54 Å². The molecule has 0 saturated carbocycles. The summed E-state index contributed by atoms with van der Waals surface area (Å²) in [4.78, 5) is 3.98. The SMILES string of the molecule is NCc1cc(Oc2cccc(F)c2)ncc1Cl. The third kappa shape index (κ3) is 2.93. The predicted molar refractivity (Wildman–Crippen MR) is 63.6 cm³/mol. The molecule has 0 amide bonds. The van der Waals surface area contributed by atoms with Crippen molar-refractivity contribution in [1.82, 2.24) is 4.98 Å². The van der Waals surface area contributed by atoms with E-state index in [4.69, 9.17) is 22.1 Å². The van der Waals surface area contributed by atoms with Crippen molar-refractivity contribution in [3.63, 3.8) is 0 Å². The van der Waals surface area contributed by atoms with Gasteiger partial charge < -0.3 is 10.5 Å². The van der Waals surface area contributed by atoms with Crippen LogP contribution < -0.4 is 10.5 Å². The van der Waals surface area contributed by atoms with Crippen LogP contribution in [0, 0.1) is 5.82 Å². The summed E-state index contributed by atoms with van der Waals surface area (Å²) in [5, 5.41) is 0.485. The quantitative estimate of drug-likeness (QED) is 0.913. The highest BCUT2D eigenvalue weighted by Gasteiger charge is 2.04. The van der Waals surface area contributed by atoms with Gasteiger partial charge in [-0.1, -0.05) is 17.7 Å². The summed E-state index contributed by atoms with van der Waals surface area (Å²) >= 11 is 5.87. The van der Waals surface area contributed by atoms with Crippen molar-refractivity contribution in [1.29, 1.82) is 0 Å². The van der Waals surface area contributed by atoms with Gasteiger partial charge >= 0.3 is 0 Å². The van der Waals surface area contributed by atoms with E-state index >= 15 is 0 Å². The molecule has 0 unspecified atom stereocenters. The van der Waals surface area contributed by atoms with Gasteiger partial charge in [0, 0.05) is 24.9 Å². The molecule has 17 heavy (non-hydrogen) atoms. The standard InChI is InChI=1S/C12H10ClFN2O/c13-11-7-16-12(4-8(11)6-15)17-10-3-1-2-9(14)5-10/h1-5,7H,6,15H2. The zero-order valence-electron chi connectivity index (χ0n) is 8.86. The maximum atomic E-state index is 12.9. The molecule has 2 rings (SSSR count). The minimum Gasteiger partial charge on any atom is -0.439 e. The molecular formula is C12H10ClFN2O. The van der Waals surface area contributed by atoms with Gasteiger partial charge in [0.05, 0.1) is 5.02 Å². The van der Waals surface area contributed by atoms with Crippen LogP contribution in [0.3, 0.4) is 0 Å². The molecular weight excluding hydrogens is 243 g/mol. The second kappa shape index (κ2) is 5.12. The van der Waals surface area contributed by atoms with E-state index < -0.39 is 0 Å². The van der Waals surface area contributed by atoms with E-state index in [9.17, 15) is 4.39 Å². The minimum absolute atomic E-state index is 0.293. The van der Waals surface area contributed by atoms with E-state index in [1.807, 2.05) is 0 Å². The molecule has 0 saturated heterocycles. The Labute approximate surface area is 103 Å². The number of pyridine rings is 1. The topological polar surface area (TPSA) is 48.1 Å². The van der Waals surface area contributed by atoms with Crippen LogP contribution in [0.2, 0.25) is 5.02 Å². The van der Waals surface area contributed by atoms with E-state index in [0.29, 0.717) is 23.2 Å². The summed E-state index contributed by atoms with van der Waals surface area (Å²) in [5.41, 5.74) is 6.24. The third-order valence-electron chi connectivity index (χ3n) is 2.15. The van der Waals surface area contributed by atoms with Crippen LogP contribution in [0.4, 0.5) is 4.39 Å². The first-order chi connectivity index (χ1) is 8.19. The minimum atomic E-state index is -0.365. The van der Waals surface area contributed by atoms with Crippen LogP contribution in [0.5, 0.6) is 11.6 Å². The number of ether oxygens (including phenoxy) is 1. The van der Waals surface area contributed by atoms with Crippen LogP contribution in [0.25, 0.3) is 0 Å². The van der Waals surface area contributed by atoms with Gasteiger partial charge in [-0.15, -0.1) is 0 Å². The van der Waals surface area contributed by atoms with E-state index in [0.717, 1.165) is 5.56 Å². The molecule has 0 spiro atoms. The molecule has 88 valence electrons. The van der Waals surface area contributed by atoms with E-state index in [1.165, 1.54) is 18.3 Å². The average Bonchev–Trinajstić information content (AvgIpc) is 2.32. The highest BCUT2D eigenvalue weighted by Crippen LogP contribution is 2.23. The Hall–Kier alpha value is -1.65. The van der Waals surface area contributed by atoms with Crippen molar-refractivity contribution in [2.24, 2.45) is 5.73 Å². The first kappa shape index (κ1) is 11.8. The number of rotatable bonds is 3. The second-order valence-electron chi connectivity index (χ2n) is 3.38. The predicted octanol–water partition coefficient (Wildman–Crippen LogP) is 3.13. The van der Waals surface area contributed by atoms with Crippen LogP contribution in [0.1, 0.15) is 5.56 Å². The molecule has 0 bridgehead atoms. The number of halogens is 2. The average molecular weight is 253 g/mol. The highest BCUT2D eigenvalue weighted by atomic mass is 35.5. The molecule has 1 heterocycles. The summed E-state index contributed by atoms with van der Waals surface area (Å²) in [6.45, 7) is 0.293. The number of benzene rings is 1. The fourth-order valence-corrected chi connectivity index (χ4v) is 1.50. The number of hydrogen-bond acceptors (Lipinski definition) is 3. The first-order valence-corrected chi connectivity index (χ1v) is 5.35. The van der Waals surface area contributed by atoms with Gasteiger partial charge in [-0.2, -0.15) is 0 Å². The summed E-state index contributed by atoms with van der Waals surface area (Å²) in [5.74, 6) is 0.346. The van der Waals surface area contributed by atoms with Gasteiger partial charge in [0.25, 0.3) is 0 Å². The van der Waals surface area contributed by atoms with Gasteiger partial charge in [0.15, 0.2) is 0 Å². The lowest BCUT2D eigenvalue weighted by Crippen LogP contribution is -1.99. The highest BCUT2D eigenvalue weighted by molar-refractivity contribution is 6.31. The van der Waals surface area contributed by atoms with Crippen molar-refractivity contribution in [3.05, 3.63) is 52.9 Å². The Balaban J connectivity index is 2.24. The molecule has 0 aliphatic heterocycles. The summed E-state index contributed by atoms with van der Waals surface area (Å²) in [7, 11) is 0. The Morgan fingerprint density at radius 3 is 2.88 bits per heavy atom. The molecule has 0 atom stereocenters. The van der Waals surface area contributed by atoms with Crippen LogP contribution in [-0.4, -0.2) is 4.98 Å². The Bertz CT molecular complexity index is 534. The van der Waals surface area contributed by atoms with Gasteiger partial charge in [-0.25, -0.2) is 9.37 Å². The second-order valence-corrected chi connectivity index (χ2v) is 3.78. The van der Waals surface area contributed by atoms with Crippen molar-refractivity contribution in [2.75, 3.05) is 0 Å². The number of aromatic nitrogens is 1. The van der Waals surface area contributed by atoms with Crippen molar-refractivity contribution < 1.29 is 9.13 Å². The van der Waals surface area contributed by atoms with Crippen molar-refractivity contribution in [2.45, 2.75) is 6.54 Å². The Morgan fingerprint density at radius 2 is 2.18 bits per heavy atom. The maximum Gasteiger partial charge on any atom is 0.219 e. The fraction of sp³-hybridized carbons (Fsp3) is 0.0833. The van der Waals surface area contributed by atoms with Gasteiger partial charge in [-0.3, -0.25) is 0 Å². The molecule has 0 fully saturated rings. The van der Waals surface area contributed by atoms with Crippen molar-refractivity contribution >= 4 is 11.6 Å². The molecule has 2 aromatic rings. The van der Waals surface area contributed by atoms with Gasteiger partial charge in [-0.05, 0) is 17.7 Å². The number of nitrogens with two attached hydrogens (primary N) is 1. The third-order valence-corrected chi connectivity index (χ3v) is 2.49. The molecule has 1 aromatic heterocycles. The lowest BCUT2D eigenvalue weighted by molar-refractivity contribution is 0.457. The van der Waals surface area contributed by atoms with Gasteiger partial charge in [0.1, 0.15) is 11.6 Å². The molecule has 0 aliphatic rings. The summed E-state index contributed by atoms with van der Waals surface area (Å²) in [6.07, 6.45) is 1.46. The lowest BCUT2D eigenvalue weighted by Gasteiger charge is -2.07. The Kier molecular flexibility index (Phi) is 3.56. The monoisotopic (exact) mass is 252 g/mol. The van der Waals surface area contributed by atoms with Crippen LogP contribution in [0.15, 0.2) is 36.5 Å². The zero-order valence-corrected chi connectivity index (χ0v) is 9.62. The summed E-state index contributed by atoms with van der Waals surface area (Å²) in [6, 6.07) is 7.45. The van der Waals surface area contributed by atoms with Gasteiger partial charge in [0.2, 0.25) is 5.88 Å². The van der Waals surface area contributed by atoms with Crippen LogP contribution >= 0.6 is 11.6 Å². The number of nitrogens with zero attached hydrogens (tertiary/aromatic N) is 1. The molecule has 1 aromatic carbocycles. The summed E-state index contributed by atoms with van der Waals surface area (Å²) < 4.78 is 18.3. The molecule has 3 nitrogen and oxygen atoms in total. The van der Waals surface area contributed by atoms with E-state index in [1.54, 1.807) is 18.2 Å². The Morgan fingerprint density at radius 1 is 1.35 bits per heavy atom.